The van der Waals surface area contributed by atoms with Crippen molar-refractivity contribution >= 4 is 33.5 Å². The van der Waals surface area contributed by atoms with Crippen LogP contribution in [0.3, 0.4) is 0 Å². The van der Waals surface area contributed by atoms with Gasteiger partial charge in [0.2, 0.25) is 0 Å². The Kier molecular flexibility index (Phi) is 5.46. The van der Waals surface area contributed by atoms with Crippen LogP contribution < -0.4 is 10.5 Å². The minimum atomic E-state index is 0.739. The van der Waals surface area contributed by atoms with Crippen LogP contribution in [0, 0.1) is 10.5 Å². The molecule has 1 heterocycles. The van der Waals surface area contributed by atoms with Gasteiger partial charge in [-0.15, -0.1) is 0 Å². The number of aromatic amines is 1. The molecule has 0 radical (unpaired) electrons. The molecule has 0 fully saturated rings. The lowest BCUT2D eigenvalue weighted by Crippen LogP contribution is -1.99. The molecule has 24 heavy (non-hydrogen) atoms. The number of rotatable bonds is 6. The van der Waals surface area contributed by atoms with Crippen LogP contribution in [-0.2, 0) is 6.42 Å². The third-order valence-corrected chi connectivity index (χ3v) is 5.09. The summed E-state index contributed by atoms with van der Waals surface area (Å²) in [5, 5.41) is 1.26. The van der Waals surface area contributed by atoms with Gasteiger partial charge in [0.1, 0.15) is 5.75 Å². The van der Waals surface area contributed by atoms with Crippen LogP contribution in [0.15, 0.2) is 36.4 Å². The van der Waals surface area contributed by atoms with E-state index in [0.717, 1.165) is 31.6 Å². The maximum Gasteiger partial charge on any atom is 0.119 e. The average molecular weight is 434 g/mol. The first-order valence-electron chi connectivity index (χ1n) is 8.29. The van der Waals surface area contributed by atoms with Crippen molar-refractivity contribution < 1.29 is 4.74 Å². The van der Waals surface area contributed by atoms with Gasteiger partial charge in [0, 0.05) is 20.2 Å². The summed E-state index contributed by atoms with van der Waals surface area (Å²) in [7, 11) is 1.72. The number of H-pyrrole nitrogens is 1. The standard InChI is InChI=1S/C20H23IN2O/c1-13-10-16(24-2)12-18-17(8-3-4-9-22)20(23-19(13)18)14-6-5-7-15(21)11-14/h5-7,10-12,23H,3-4,8-9,22H2,1-2H3. The van der Waals surface area contributed by atoms with E-state index >= 15 is 0 Å². The third-order valence-electron chi connectivity index (χ3n) is 4.42. The molecule has 1 aromatic heterocycles. The van der Waals surface area contributed by atoms with Gasteiger partial charge in [-0.3, -0.25) is 0 Å². The highest BCUT2D eigenvalue weighted by molar-refractivity contribution is 14.1. The lowest BCUT2D eigenvalue weighted by molar-refractivity contribution is 0.415. The molecule has 0 saturated carbocycles. The van der Waals surface area contributed by atoms with Crippen molar-refractivity contribution in [2.75, 3.05) is 13.7 Å². The van der Waals surface area contributed by atoms with Crippen molar-refractivity contribution in [2.24, 2.45) is 5.73 Å². The van der Waals surface area contributed by atoms with E-state index in [1.165, 1.54) is 36.9 Å². The molecule has 2 aromatic carbocycles. The van der Waals surface area contributed by atoms with E-state index in [9.17, 15) is 0 Å². The van der Waals surface area contributed by atoms with Gasteiger partial charge in [0.15, 0.2) is 0 Å². The molecule has 126 valence electrons. The molecule has 0 aliphatic heterocycles. The highest BCUT2D eigenvalue weighted by atomic mass is 127. The average Bonchev–Trinajstić information content (AvgIpc) is 2.94. The lowest BCUT2D eigenvalue weighted by Gasteiger charge is -2.07. The van der Waals surface area contributed by atoms with Crippen LogP contribution >= 0.6 is 22.6 Å². The molecule has 3 aromatic rings. The minimum absolute atomic E-state index is 0.739. The summed E-state index contributed by atoms with van der Waals surface area (Å²) >= 11 is 2.36. The summed E-state index contributed by atoms with van der Waals surface area (Å²) in [6.45, 7) is 2.87. The fourth-order valence-electron chi connectivity index (χ4n) is 3.21. The molecule has 3 nitrogen and oxygen atoms in total. The number of aryl methyl sites for hydroxylation is 2. The normalized spacial score (nSPS) is 11.2. The number of halogens is 1. The molecule has 0 aliphatic carbocycles. The summed E-state index contributed by atoms with van der Waals surface area (Å²) in [6.07, 6.45) is 3.16. The number of unbranched alkanes of at least 4 members (excludes halogenated alkanes) is 1. The maximum atomic E-state index is 5.69. The first kappa shape index (κ1) is 17.3. The number of nitrogens with two attached hydrogens (primary N) is 1. The Hall–Kier alpha value is -1.53. The van der Waals surface area contributed by atoms with Crippen LogP contribution in [-0.4, -0.2) is 18.6 Å². The smallest absolute Gasteiger partial charge is 0.119 e. The van der Waals surface area contributed by atoms with E-state index in [1.54, 1.807) is 7.11 Å². The number of hydrogen-bond donors (Lipinski definition) is 2. The van der Waals surface area contributed by atoms with Gasteiger partial charge in [-0.2, -0.15) is 0 Å². The van der Waals surface area contributed by atoms with Crippen molar-refractivity contribution in [3.05, 3.63) is 51.1 Å². The zero-order valence-corrected chi connectivity index (χ0v) is 16.3. The Morgan fingerprint density at radius 1 is 1.17 bits per heavy atom. The van der Waals surface area contributed by atoms with Crippen molar-refractivity contribution in [3.8, 4) is 17.0 Å². The van der Waals surface area contributed by atoms with Crippen molar-refractivity contribution in [1.29, 1.82) is 0 Å². The summed E-state index contributed by atoms with van der Waals surface area (Å²) in [5.41, 5.74) is 11.9. The molecule has 0 aliphatic rings. The second-order valence-corrected chi connectivity index (χ2v) is 7.35. The van der Waals surface area contributed by atoms with Crippen LogP contribution in [0.2, 0.25) is 0 Å². The first-order chi connectivity index (χ1) is 11.6. The molecule has 0 spiro atoms. The van der Waals surface area contributed by atoms with Gasteiger partial charge in [0.25, 0.3) is 0 Å². The van der Waals surface area contributed by atoms with E-state index in [1.807, 2.05) is 0 Å². The second kappa shape index (κ2) is 7.57. The van der Waals surface area contributed by atoms with Crippen molar-refractivity contribution in [2.45, 2.75) is 26.2 Å². The predicted molar refractivity (Wildman–Crippen MR) is 110 cm³/mol. The summed E-state index contributed by atoms with van der Waals surface area (Å²) in [4.78, 5) is 3.66. The zero-order chi connectivity index (χ0) is 17.1. The van der Waals surface area contributed by atoms with E-state index in [-0.39, 0.29) is 0 Å². The van der Waals surface area contributed by atoms with Gasteiger partial charge in [-0.25, -0.2) is 0 Å². The zero-order valence-electron chi connectivity index (χ0n) is 14.2. The number of aromatic nitrogens is 1. The summed E-state index contributed by atoms with van der Waals surface area (Å²) < 4.78 is 6.72. The minimum Gasteiger partial charge on any atom is -0.497 e. The highest BCUT2D eigenvalue weighted by Crippen LogP contribution is 2.35. The SMILES string of the molecule is COc1cc(C)c2[nH]c(-c3cccc(I)c3)c(CCCCN)c2c1. The molecule has 0 amide bonds. The number of fused-ring (bicyclic) bond motifs is 1. The molecule has 0 saturated heterocycles. The van der Waals surface area contributed by atoms with Gasteiger partial charge >= 0.3 is 0 Å². The molecule has 3 rings (SSSR count). The van der Waals surface area contributed by atoms with E-state index in [0.29, 0.717) is 0 Å². The van der Waals surface area contributed by atoms with Crippen LogP contribution in [0.5, 0.6) is 5.75 Å². The van der Waals surface area contributed by atoms with Gasteiger partial charge in [-0.05, 0) is 96.3 Å². The highest BCUT2D eigenvalue weighted by Gasteiger charge is 2.15. The van der Waals surface area contributed by atoms with Crippen LogP contribution in [0.4, 0.5) is 0 Å². The fraction of sp³-hybridized carbons (Fsp3) is 0.300. The largest absolute Gasteiger partial charge is 0.497 e. The second-order valence-electron chi connectivity index (χ2n) is 6.10. The molecule has 3 N–H and O–H groups in total. The third kappa shape index (κ3) is 3.44. The topological polar surface area (TPSA) is 51.0 Å². The Morgan fingerprint density at radius 3 is 2.71 bits per heavy atom. The number of methoxy groups -OCH3 is 1. The Balaban J connectivity index is 2.19. The molecule has 0 atom stereocenters. The maximum absolute atomic E-state index is 5.69. The van der Waals surface area contributed by atoms with Gasteiger partial charge < -0.3 is 15.5 Å². The van der Waals surface area contributed by atoms with E-state index in [2.05, 4.69) is 70.9 Å². The molecular formula is C20H23IN2O. The molecular weight excluding hydrogens is 411 g/mol. The monoisotopic (exact) mass is 434 g/mol. The number of nitrogens with one attached hydrogen (secondary N) is 1. The molecule has 4 heteroatoms. The Morgan fingerprint density at radius 2 is 2.00 bits per heavy atom. The van der Waals surface area contributed by atoms with Gasteiger partial charge in [0.05, 0.1) is 7.11 Å². The van der Waals surface area contributed by atoms with Crippen LogP contribution in [0.1, 0.15) is 24.0 Å². The summed E-state index contributed by atoms with van der Waals surface area (Å²) in [5.74, 6) is 0.910. The number of hydrogen-bond acceptors (Lipinski definition) is 2. The predicted octanol–water partition coefficient (Wildman–Crippen LogP) is 5.04. The number of ether oxygens (including phenoxy) is 1. The first-order valence-corrected chi connectivity index (χ1v) is 9.37. The van der Waals surface area contributed by atoms with E-state index in [4.69, 9.17) is 10.5 Å². The summed E-state index contributed by atoms with van der Waals surface area (Å²) in [6, 6.07) is 12.9. The molecule has 0 unspecified atom stereocenters. The Labute approximate surface area is 156 Å². The fourth-order valence-corrected chi connectivity index (χ4v) is 3.75. The van der Waals surface area contributed by atoms with Crippen LogP contribution in [0.25, 0.3) is 22.2 Å². The molecule has 0 bridgehead atoms. The Bertz CT molecular complexity index is 854. The number of benzene rings is 2. The quantitative estimate of drug-likeness (QED) is 0.422. The lowest BCUT2D eigenvalue weighted by atomic mass is 9.99. The van der Waals surface area contributed by atoms with Crippen molar-refractivity contribution in [3.63, 3.8) is 0 Å². The van der Waals surface area contributed by atoms with Gasteiger partial charge in [-0.1, -0.05) is 12.1 Å². The van der Waals surface area contributed by atoms with Crippen molar-refractivity contribution in [1.82, 2.24) is 4.98 Å². The van der Waals surface area contributed by atoms with E-state index < -0.39 is 0 Å².